The van der Waals surface area contributed by atoms with Gasteiger partial charge in [-0.05, 0) is 31.9 Å². The van der Waals surface area contributed by atoms with Crippen LogP contribution in [0.2, 0.25) is 0 Å². The van der Waals surface area contributed by atoms with E-state index in [0.29, 0.717) is 41.3 Å². The lowest BCUT2D eigenvalue weighted by Crippen LogP contribution is -2.11. The normalized spacial score (nSPS) is 19.2. The van der Waals surface area contributed by atoms with Crippen LogP contribution in [0.1, 0.15) is 41.2 Å². The Hall–Kier alpha value is -2.94. The lowest BCUT2D eigenvalue weighted by molar-refractivity contribution is -0.00817. The van der Waals surface area contributed by atoms with Gasteiger partial charge in [-0.1, -0.05) is 6.07 Å². The molecular weight excluding hydrogens is 392 g/mol. The summed E-state index contributed by atoms with van der Waals surface area (Å²) in [5.41, 5.74) is 2.79. The Labute approximate surface area is 172 Å². The molecule has 0 spiro atoms. The van der Waals surface area contributed by atoms with Crippen LogP contribution in [0.5, 0.6) is 5.88 Å². The van der Waals surface area contributed by atoms with Gasteiger partial charge in [0.2, 0.25) is 5.88 Å². The van der Waals surface area contributed by atoms with Gasteiger partial charge < -0.3 is 9.84 Å². The Kier molecular flexibility index (Phi) is 5.46. The number of rotatable bonds is 7. The number of halogens is 2. The summed E-state index contributed by atoms with van der Waals surface area (Å²) in [5, 5.41) is 13.9. The number of pyridine rings is 1. The SMILES string of the molecule is Cc1ccc([C@@H]2CC2COc2nc(C)ncc2-c2cn(C)nc2C(O)C(F)F)nc1. The molecule has 1 aliphatic carbocycles. The van der Waals surface area contributed by atoms with Crippen LogP contribution in [-0.4, -0.2) is 42.9 Å². The summed E-state index contributed by atoms with van der Waals surface area (Å²) < 4.78 is 33.6. The van der Waals surface area contributed by atoms with E-state index in [-0.39, 0.29) is 5.69 Å². The Morgan fingerprint density at radius 2 is 2.00 bits per heavy atom. The highest BCUT2D eigenvalue weighted by Gasteiger charge is 2.40. The van der Waals surface area contributed by atoms with E-state index >= 15 is 0 Å². The molecule has 3 atom stereocenters. The average molecular weight is 415 g/mol. The second-order valence-corrected chi connectivity index (χ2v) is 7.69. The van der Waals surface area contributed by atoms with Crippen LogP contribution in [0.3, 0.4) is 0 Å². The van der Waals surface area contributed by atoms with Crippen molar-refractivity contribution in [3.05, 3.63) is 53.5 Å². The van der Waals surface area contributed by atoms with E-state index in [9.17, 15) is 13.9 Å². The third-order valence-electron chi connectivity index (χ3n) is 5.21. The molecule has 3 heterocycles. The molecule has 0 amide bonds. The Bertz CT molecular complexity index is 1040. The van der Waals surface area contributed by atoms with Gasteiger partial charge in [-0.3, -0.25) is 9.67 Å². The molecule has 0 aliphatic heterocycles. The highest BCUT2D eigenvalue weighted by Crippen LogP contribution is 2.47. The summed E-state index contributed by atoms with van der Waals surface area (Å²) in [6, 6.07) is 4.08. The van der Waals surface area contributed by atoms with Crippen molar-refractivity contribution in [2.75, 3.05) is 6.61 Å². The number of aryl methyl sites for hydroxylation is 3. The molecule has 2 unspecified atom stereocenters. The van der Waals surface area contributed by atoms with Crippen LogP contribution in [0.15, 0.2) is 30.7 Å². The molecular formula is C21H23F2N5O2. The molecule has 9 heteroatoms. The quantitative estimate of drug-likeness (QED) is 0.637. The molecule has 30 heavy (non-hydrogen) atoms. The molecule has 3 aromatic rings. The van der Waals surface area contributed by atoms with Crippen molar-refractivity contribution >= 4 is 0 Å². The molecule has 0 radical (unpaired) electrons. The average Bonchev–Trinajstić information content (AvgIpc) is 3.39. The molecule has 4 rings (SSSR count). The van der Waals surface area contributed by atoms with Crippen molar-refractivity contribution in [3.8, 4) is 17.0 Å². The van der Waals surface area contributed by atoms with Crippen LogP contribution in [0.4, 0.5) is 8.78 Å². The van der Waals surface area contributed by atoms with Gasteiger partial charge >= 0.3 is 0 Å². The molecule has 1 N–H and O–H groups in total. The number of aromatic nitrogens is 5. The number of aliphatic hydroxyl groups excluding tert-OH is 1. The number of hydrogen-bond acceptors (Lipinski definition) is 6. The van der Waals surface area contributed by atoms with E-state index in [2.05, 4.69) is 20.1 Å². The second-order valence-electron chi connectivity index (χ2n) is 7.69. The van der Waals surface area contributed by atoms with E-state index < -0.39 is 12.5 Å². The first-order chi connectivity index (χ1) is 14.3. The van der Waals surface area contributed by atoms with E-state index in [0.717, 1.165) is 17.7 Å². The third kappa shape index (κ3) is 4.16. The highest BCUT2D eigenvalue weighted by molar-refractivity contribution is 5.70. The van der Waals surface area contributed by atoms with Crippen LogP contribution in [-0.2, 0) is 7.05 Å². The van der Waals surface area contributed by atoms with Gasteiger partial charge in [0.25, 0.3) is 6.43 Å². The summed E-state index contributed by atoms with van der Waals surface area (Å²) in [5.74, 6) is 1.44. The van der Waals surface area contributed by atoms with Gasteiger partial charge in [0, 0.05) is 48.7 Å². The fourth-order valence-corrected chi connectivity index (χ4v) is 3.47. The molecule has 0 saturated heterocycles. The first-order valence-corrected chi connectivity index (χ1v) is 9.72. The maximum Gasteiger partial charge on any atom is 0.269 e. The van der Waals surface area contributed by atoms with Crippen molar-refractivity contribution in [1.29, 1.82) is 0 Å². The Morgan fingerprint density at radius 1 is 1.20 bits per heavy atom. The van der Waals surface area contributed by atoms with E-state index in [1.807, 2.05) is 25.3 Å². The number of alkyl halides is 2. The largest absolute Gasteiger partial charge is 0.477 e. The van der Waals surface area contributed by atoms with E-state index in [4.69, 9.17) is 4.74 Å². The first-order valence-electron chi connectivity index (χ1n) is 9.72. The highest BCUT2D eigenvalue weighted by atomic mass is 19.3. The Morgan fingerprint density at radius 3 is 2.70 bits per heavy atom. The maximum absolute atomic E-state index is 13.1. The molecule has 3 aromatic heterocycles. The van der Waals surface area contributed by atoms with Gasteiger partial charge in [0.1, 0.15) is 11.5 Å². The second kappa shape index (κ2) is 8.06. The first kappa shape index (κ1) is 20.3. The third-order valence-corrected chi connectivity index (χ3v) is 5.21. The van der Waals surface area contributed by atoms with Gasteiger partial charge in [-0.2, -0.15) is 10.1 Å². The van der Waals surface area contributed by atoms with Crippen molar-refractivity contribution in [1.82, 2.24) is 24.7 Å². The minimum atomic E-state index is -2.95. The zero-order valence-electron chi connectivity index (χ0n) is 17.0. The molecule has 1 fully saturated rings. The summed E-state index contributed by atoms with van der Waals surface area (Å²) in [6.07, 6.45) is 0.938. The number of nitrogens with zero attached hydrogens (tertiary/aromatic N) is 5. The maximum atomic E-state index is 13.1. The topological polar surface area (TPSA) is 86.0 Å². The monoisotopic (exact) mass is 415 g/mol. The standard InChI is InChI=1S/C21H23F2N5O2/c1-11-4-5-17(25-7-11)14-6-13(14)10-30-21-15(8-24-12(2)26-21)16-9-28(3)27-18(16)19(29)20(22)23/h4-5,7-9,13-14,19-20,29H,6,10H2,1-3H3/t13?,14-,19?/m1/s1. The lowest BCUT2D eigenvalue weighted by Gasteiger charge is -2.13. The fraction of sp³-hybridized carbons (Fsp3) is 0.429. The molecule has 0 aromatic carbocycles. The lowest BCUT2D eigenvalue weighted by atomic mass is 10.1. The van der Waals surface area contributed by atoms with Crippen molar-refractivity contribution in [2.24, 2.45) is 13.0 Å². The van der Waals surface area contributed by atoms with Crippen LogP contribution in [0, 0.1) is 19.8 Å². The number of aliphatic hydroxyl groups is 1. The van der Waals surface area contributed by atoms with Gasteiger partial charge in [0.05, 0.1) is 12.2 Å². The zero-order valence-corrected chi connectivity index (χ0v) is 17.0. The van der Waals surface area contributed by atoms with Crippen LogP contribution in [0.25, 0.3) is 11.1 Å². The smallest absolute Gasteiger partial charge is 0.269 e. The summed E-state index contributed by atoms with van der Waals surface area (Å²) >= 11 is 0. The molecule has 7 nitrogen and oxygen atoms in total. The summed E-state index contributed by atoms with van der Waals surface area (Å²) in [6.45, 7) is 4.16. The molecule has 158 valence electrons. The van der Waals surface area contributed by atoms with Crippen molar-refractivity contribution in [3.63, 3.8) is 0 Å². The minimum Gasteiger partial charge on any atom is -0.477 e. The predicted octanol–water partition coefficient (Wildman–Crippen LogP) is 3.37. The summed E-state index contributed by atoms with van der Waals surface area (Å²) in [4.78, 5) is 13.0. The van der Waals surface area contributed by atoms with Gasteiger partial charge in [-0.15, -0.1) is 0 Å². The van der Waals surface area contributed by atoms with Crippen molar-refractivity contribution in [2.45, 2.75) is 38.7 Å². The predicted molar refractivity (Wildman–Crippen MR) is 105 cm³/mol. The molecule has 1 aliphatic rings. The molecule has 0 bridgehead atoms. The van der Waals surface area contributed by atoms with Crippen LogP contribution < -0.4 is 4.74 Å². The van der Waals surface area contributed by atoms with E-state index in [1.165, 1.54) is 10.9 Å². The minimum absolute atomic E-state index is 0.127. The van der Waals surface area contributed by atoms with Crippen molar-refractivity contribution < 1.29 is 18.6 Å². The fourth-order valence-electron chi connectivity index (χ4n) is 3.47. The summed E-state index contributed by atoms with van der Waals surface area (Å²) in [7, 11) is 1.60. The molecule has 1 saturated carbocycles. The van der Waals surface area contributed by atoms with Crippen LogP contribution >= 0.6 is 0 Å². The van der Waals surface area contributed by atoms with E-state index in [1.54, 1.807) is 20.2 Å². The van der Waals surface area contributed by atoms with Gasteiger partial charge in [0.15, 0.2) is 6.10 Å². The van der Waals surface area contributed by atoms with Gasteiger partial charge in [-0.25, -0.2) is 13.8 Å². The number of ether oxygens (including phenoxy) is 1. The zero-order chi connectivity index (χ0) is 21.4. The number of hydrogen-bond donors (Lipinski definition) is 1. The Balaban J connectivity index is 1.55.